The summed E-state index contributed by atoms with van der Waals surface area (Å²) in [4.78, 5) is 15.9. The van der Waals surface area contributed by atoms with Gasteiger partial charge in [0.1, 0.15) is 0 Å². The Kier molecular flexibility index (Phi) is 4.15. The lowest BCUT2D eigenvalue weighted by Gasteiger charge is -2.14. The van der Waals surface area contributed by atoms with Crippen LogP contribution in [0.4, 0.5) is 9.93 Å². The Morgan fingerprint density at radius 2 is 2.09 bits per heavy atom. The summed E-state index contributed by atoms with van der Waals surface area (Å²) in [5.41, 5.74) is 2.00. The van der Waals surface area contributed by atoms with Crippen LogP contribution in [-0.4, -0.2) is 20.8 Å². The number of hydrogen-bond donors (Lipinski definition) is 2. The minimum atomic E-state index is -0.265. The van der Waals surface area contributed by atoms with E-state index in [2.05, 4.69) is 20.7 Å². The molecule has 2 N–H and O–H groups in total. The van der Waals surface area contributed by atoms with Crippen molar-refractivity contribution in [2.45, 2.75) is 13.0 Å². The molecule has 0 aliphatic heterocycles. The second kappa shape index (κ2) is 6.40. The van der Waals surface area contributed by atoms with E-state index < -0.39 is 0 Å². The van der Waals surface area contributed by atoms with E-state index in [4.69, 9.17) is 0 Å². The van der Waals surface area contributed by atoms with Crippen LogP contribution in [0.2, 0.25) is 0 Å². The van der Waals surface area contributed by atoms with E-state index in [1.165, 1.54) is 11.3 Å². The van der Waals surface area contributed by atoms with Crippen LogP contribution in [0.15, 0.2) is 54.3 Å². The van der Waals surface area contributed by atoms with Crippen molar-refractivity contribution in [2.75, 3.05) is 5.32 Å². The molecule has 3 rings (SSSR count). The first-order valence-corrected chi connectivity index (χ1v) is 7.67. The molecule has 0 spiro atoms. The summed E-state index contributed by atoms with van der Waals surface area (Å²) in [6, 6.07) is 9.40. The Hall–Kier alpha value is -2.67. The maximum absolute atomic E-state index is 11.9. The lowest BCUT2D eigenvalue weighted by Crippen LogP contribution is -2.31. The van der Waals surface area contributed by atoms with Gasteiger partial charge in [-0.15, -0.1) is 11.3 Å². The van der Waals surface area contributed by atoms with E-state index in [9.17, 15) is 4.79 Å². The lowest BCUT2D eigenvalue weighted by molar-refractivity contribution is 0.249. The Labute approximate surface area is 131 Å². The van der Waals surface area contributed by atoms with Crippen molar-refractivity contribution in [3.05, 3.63) is 59.9 Å². The standard InChI is InChI=1S/C15H15N5OS/c1-11(18-14(21)19-15-16-8-10-22-15)12-3-5-13(6-4-12)20-9-2-7-17-20/h2-11H,1H3,(H2,16,18,19,21)/t11-/m0/s1. The predicted molar refractivity (Wildman–Crippen MR) is 86.2 cm³/mol. The number of anilines is 1. The Balaban J connectivity index is 1.62. The van der Waals surface area contributed by atoms with E-state index in [1.807, 2.05) is 48.8 Å². The van der Waals surface area contributed by atoms with E-state index in [0.29, 0.717) is 5.13 Å². The number of aromatic nitrogens is 3. The van der Waals surface area contributed by atoms with Gasteiger partial charge >= 0.3 is 6.03 Å². The quantitative estimate of drug-likeness (QED) is 0.777. The summed E-state index contributed by atoms with van der Waals surface area (Å²) in [6.45, 7) is 1.93. The van der Waals surface area contributed by atoms with Gasteiger partial charge in [-0.2, -0.15) is 5.10 Å². The maximum atomic E-state index is 11.9. The van der Waals surface area contributed by atoms with Gasteiger partial charge in [-0.3, -0.25) is 5.32 Å². The van der Waals surface area contributed by atoms with Crippen LogP contribution in [0, 0.1) is 0 Å². The summed E-state index contributed by atoms with van der Waals surface area (Å²) >= 11 is 1.38. The predicted octanol–water partition coefficient (Wildman–Crippen LogP) is 3.21. The molecule has 0 fully saturated rings. The first-order valence-electron chi connectivity index (χ1n) is 6.79. The normalized spacial score (nSPS) is 11.9. The molecule has 0 saturated heterocycles. The van der Waals surface area contributed by atoms with Gasteiger partial charge in [0.15, 0.2) is 5.13 Å². The molecule has 0 aliphatic rings. The van der Waals surface area contributed by atoms with Gasteiger partial charge in [-0.1, -0.05) is 12.1 Å². The molecule has 0 radical (unpaired) electrons. The Morgan fingerprint density at radius 1 is 1.27 bits per heavy atom. The number of rotatable bonds is 4. The van der Waals surface area contributed by atoms with Gasteiger partial charge in [0.25, 0.3) is 0 Å². The van der Waals surface area contributed by atoms with Crippen LogP contribution in [0.5, 0.6) is 0 Å². The fraction of sp³-hybridized carbons (Fsp3) is 0.133. The third-order valence-corrected chi connectivity index (χ3v) is 3.85. The highest BCUT2D eigenvalue weighted by molar-refractivity contribution is 7.13. The van der Waals surface area contributed by atoms with Crippen molar-refractivity contribution in [3.63, 3.8) is 0 Å². The molecule has 6 nitrogen and oxygen atoms in total. The number of hydrogen-bond acceptors (Lipinski definition) is 4. The highest BCUT2D eigenvalue weighted by Crippen LogP contribution is 2.16. The number of benzene rings is 1. The molecule has 0 aliphatic carbocycles. The molecule has 22 heavy (non-hydrogen) atoms. The van der Waals surface area contributed by atoms with Crippen molar-refractivity contribution in [1.82, 2.24) is 20.1 Å². The maximum Gasteiger partial charge on any atom is 0.321 e. The number of nitrogens with zero attached hydrogens (tertiary/aromatic N) is 3. The average Bonchev–Trinajstić information content (AvgIpc) is 3.20. The number of carbonyl (C=O) groups excluding carboxylic acids is 1. The monoisotopic (exact) mass is 313 g/mol. The molecule has 2 aromatic heterocycles. The van der Waals surface area contributed by atoms with Crippen molar-refractivity contribution in [1.29, 1.82) is 0 Å². The first kappa shape index (κ1) is 14.3. The van der Waals surface area contributed by atoms with Crippen molar-refractivity contribution < 1.29 is 4.79 Å². The van der Waals surface area contributed by atoms with E-state index in [0.717, 1.165) is 11.3 Å². The van der Waals surface area contributed by atoms with Crippen molar-refractivity contribution in [2.24, 2.45) is 0 Å². The molecular formula is C15H15N5OS. The molecule has 1 atom stereocenters. The molecular weight excluding hydrogens is 298 g/mol. The van der Waals surface area contributed by atoms with Gasteiger partial charge in [0.2, 0.25) is 0 Å². The second-order valence-corrected chi connectivity index (χ2v) is 5.59. The average molecular weight is 313 g/mol. The number of thiazole rings is 1. The number of urea groups is 1. The molecule has 2 heterocycles. The third kappa shape index (κ3) is 3.32. The van der Waals surface area contributed by atoms with Gasteiger partial charge in [0.05, 0.1) is 11.7 Å². The molecule has 2 amide bonds. The molecule has 7 heteroatoms. The zero-order valence-electron chi connectivity index (χ0n) is 11.9. The van der Waals surface area contributed by atoms with Crippen LogP contribution in [0.25, 0.3) is 5.69 Å². The Morgan fingerprint density at radius 3 is 2.73 bits per heavy atom. The van der Waals surface area contributed by atoms with E-state index in [1.54, 1.807) is 17.1 Å². The van der Waals surface area contributed by atoms with Crippen LogP contribution in [-0.2, 0) is 0 Å². The molecule has 0 unspecified atom stereocenters. The molecule has 0 saturated carbocycles. The summed E-state index contributed by atoms with van der Waals surface area (Å²) in [6.07, 6.45) is 5.27. The van der Waals surface area contributed by atoms with Crippen molar-refractivity contribution in [3.8, 4) is 5.69 Å². The summed E-state index contributed by atoms with van der Waals surface area (Å²) in [5.74, 6) is 0. The highest BCUT2D eigenvalue weighted by Gasteiger charge is 2.10. The van der Waals surface area contributed by atoms with E-state index >= 15 is 0 Å². The molecule has 0 bridgehead atoms. The molecule has 112 valence electrons. The topological polar surface area (TPSA) is 71.8 Å². The summed E-state index contributed by atoms with van der Waals surface area (Å²) in [7, 11) is 0. The first-order chi connectivity index (χ1) is 10.7. The minimum Gasteiger partial charge on any atom is -0.331 e. The highest BCUT2D eigenvalue weighted by atomic mass is 32.1. The zero-order chi connectivity index (χ0) is 15.4. The van der Waals surface area contributed by atoms with Gasteiger partial charge < -0.3 is 5.32 Å². The SMILES string of the molecule is C[C@H](NC(=O)Nc1nccs1)c1ccc(-n2cccn2)cc1. The smallest absolute Gasteiger partial charge is 0.321 e. The van der Waals surface area contributed by atoms with Crippen LogP contribution < -0.4 is 10.6 Å². The summed E-state index contributed by atoms with van der Waals surface area (Å²) < 4.78 is 1.79. The van der Waals surface area contributed by atoms with Crippen molar-refractivity contribution >= 4 is 22.5 Å². The molecule has 1 aromatic carbocycles. The fourth-order valence-corrected chi connectivity index (χ4v) is 2.56. The van der Waals surface area contributed by atoms with E-state index in [-0.39, 0.29) is 12.1 Å². The minimum absolute atomic E-state index is 0.105. The third-order valence-electron chi connectivity index (χ3n) is 3.16. The summed E-state index contributed by atoms with van der Waals surface area (Å²) in [5, 5.41) is 12.2. The van der Waals surface area contributed by atoms with Crippen LogP contribution in [0.1, 0.15) is 18.5 Å². The van der Waals surface area contributed by atoms with Gasteiger partial charge in [0, 0.05) is 24.0 Å². The Bertz CT molecular complexity index is 722. The van der Waals surface area contributed by atoms with Crippen LogP contribution >= 0.6 is 11.3 Å². The molecule has 3 aromatic rings. The number of amides is 2. The largest absolute Gasteiger partial charge is 0.331 e. The fourth-order valence-electron chi connectivity index (χ4n) is 2.04. The number of nitrogens with one attached hydrogen (secondary N) is 2. The lowest BCUT2D eigenvalue weighted by atomic mass is 10.1. The van der Waals surface area contributed by atoms with Crippen LogP contribution in [0.3, 0.4) is 0 Å². The van der Waals surface area contributed by atoms with Gasteiger partial charge in [-0.25, -0.2) is 14.5 Å². The second-order valence-electron chi connectivity index (χ2n) is 4.70. The van der Waals surface area contributed by atoms with Gasteiger partial charge in [-0.05, 0) is 30.7 Å². The number of carbonyl (C=O) groups is 1. The zero-order valence-corrected chi connectivity index (χ0v) is 12.7.